The lowest BCUT2D eigenvalue weighted by Crippen LogP contribution is -2.51. The molecule has 0 radical (unpaired) electrons. The standard InChI is InChI=1S/C31H39N3O3S/c1-32(2)30(35)31(28-15-9-5-10-16-28)20-23-34(24-21-31)22-19-27(26-13-7-4-8-14-26)25-33(3)38(36,37)29-17-11-6-12-18-29/h4-18,27H,19-25H2,1-3H3/t27-/m0/s1. The van der Waals surface area contributed by atoms with Crippen LogP contribution in [0, 0.1) is 0 Å². The van der Waals surface area contributed by atoms with E-state index in [0.29, 0.717) is 11.4 Å². The van der Waals surface area contributed by atoms with Gasteiger partial charge in [-0.05, 0) is 68.1 Å². The van der Waals surface area contributed by atoms with Crippen LogP contribution in [0.25, 0.3) is 0 Å². The molecule has 7 heteroatoms. The zero-order valence-corrected chi connectivity index (χ0v) is 23.5. The molecule has 0 unspecified atom stereocenters. The first-order valence-corrected chi connectivity index (χ1v) is 14.7. The van der Waals surface area contributed by atoms with Crippen molar-refractivity contribution in [2.75, 3.05) is 47.3 Å². The molecule has 3 aromatic carbocycles. The normalized spacial score (nSPS) is 16.7. The van der Waals surface area contributed by atoms with Crippen LogP contribution in [-0.4, -0.2) is 75.8 Å². The smallest absolute Gasteiger partial charge is 0.242 e. The van der Waals surface area contributed by atoms with E-state index in [4.69, 9.17) is 0 Å². The van der Waals surface area contributed by atoms with Gasteiger partial charge in [-0.3, -0.25) is 4.79 Å². The van der Waals surface area contributed by atoms with E-state index in [1.54, 1.807) is 36.2 Å². The monoisotopic (exact) mass is 533 g/mol. The van der Waals surface area contributed by atoms with Gasteiger partial charge in [-0.15, -0.1) is 0 Å². The van der Waals surface area contributed by atoms with Crippen LogP contribution in [0.15, 0.2) is 95.9 Å². The van der Waals surface area contributed by atoms with Crippen molar-refractivity contribution < 1.29 is 13.2 Å². The van der Waals surface area contributed by atoms with E-state index in [-0.39, 0.29) is 11.8 Å². The molecular formula is C31H39N3O3S. The number of benzene rings is 3. The van der Waals surface area contributed by atoms with Crippen molar-refractivity contribution in [3.05, 3.63) is 102 Å². The highest BCUT2D eigenvalue weighted by Gasteiger charge is 2.43. The van der Waals surface area contributed by atoms with Crippen LogP contribution in [-0.2, 0) is 20.2 Å². The van der Waals surface area contributed by atoms with Gasteiger partial charge in [-0.2, -0.15) is 0 Å². The van der Waals surface area contributed by atoms with Crippen LogP contribution in [0.4, 0.5) is 0 Å². The zero-order chi connectivity index (χ0) is 27.2. The van der Waals surface area contributed by atoms with Crippen molar-refractivity contribution in [3.8, 4) is 0 Å². The summed E-state index contributed by atoms with van der Waals surface area (Å²) in [5.74, 6) is 0.224. The van der Waals surface area contributed by atoms with Crippen LogP contribution < -0.4 is 0 Å². The molecule has 202 valence electrons. The minimum atomic E-state index is -3.57. The molecule has 0 bridgehead atoms. The van der Waals surface area contributed by atoms with Crippen LogP contribution in [0.3, 0.4) is 0 Å². The van der Waals surface area contributed by atoms with Gasteiger partial charge in [-0.25, -0.2) is 12.7 Å². The fourth-order valence-electron chi connectivity index (χ4n) is 5.58. The van der Waals surface area contributed by atoms with Gasteiger partial charge in [0, 0.05) is 27.7 Å². The van der Waals surface area contributed by atoms with E-state index in [2.05, 4.69) is 29.2 Å². The van der Waals surface area contributed by atoms with Gasteiger partial charge in [0.2, 0.25) is 15.9 Å². The van der Waals surface area contributed by atoms with Crippen molar-refractivity contribution >= 4 is 15.9 Å². The molecular weight excluding hydrogens is 494 g/mol. The largest absolute Gasteiger partial charge is 0.348 e. The van der Waals surface area contributed by atoms with Crippen LogP contribution >= 0.6 is 0 Å². The molecule has 1 saturated heterocycles. The third-order valence-corrected chi connectivity index (χ3v) is 9.68. The summed E-state index contributed by atoms with van der Waals surface area (Å²) in [5.41, 5.74) is 1.73. The Bertz CT molecular complexity index is 1270. The predicted molar refractivity (Wildman–Crippen MR) is 153 cm³/mol. The Morgan fingerprint density at radius 1 is 0.842 bits per heavy atom. The molecule has 1 atom stereocenters. The summed E-state index contributed by atoms with van der Waals surface area (Å²) < 4.78 is 27.9. The summed E-state index contributed by atoms with van der Waals surface area (Å²) in [4.78, 5) is 17.8. The minimum Gasteiger partial charge on any atom is -0.348 e. The lowest BCUT2D eigenvalue weighted by Gasteiger charge is -2.42. The lowest BCUT2D eigenvalue weighted by molar-refractivity contribution is -0.136. The first-order valence-electron chi connectivity index (χ1n) is 13.3. The van der Waals surface area contributed by atoms with Gasteiger partial charge in [0.1, 0.15) is 0 Å². The molecule has 0 saturated carbocycles. The predicted octanol–water partition coefficient (Wildman–Crippen LogP) is 4.60. The summed E-state index contributed by atoms with van der Waals surface area (Å²) >= 11 is 0. The molecule has 1 fully saturated rings. The quantitative estimate of drug-likeness (QED) is 0.382. The summed E-state index contributed by atoms with van der Waals surface area (Å²) in [6, 6.07) is 29.0. The third kappa shape index (κ3) is 6.17. The maximum Gasteiger partial charge on any atom is 0.242 e. The molecule has 1 aliphatic heterocycles. The highest BCUT2D eigenvalue weighted by atomic mass is 32.2. The van der Waals surface area contributed by atoms with E-state index in [1.807, 2.05) is 56.6 Å². The van der Waals surface area contributed by atoms with Crippen LogP contribution in [0.5, 0.6) is 0 Å². The number of likely N-dealkylation sites (tertiary alicyclic amines) is 1. The molecule has 38 heavy (non-hydrogen) atoms. The van der Waals surface area contributed by atoms with Gasteiger partial charge in [-0.1, -0.05) is 78.9 Å². The topological polar surface area (TPSA) is 60.9 Å². The number of nitrogens with zero attached hydrogens (tertiary/aromatic N) is 3. The van der Waals surface area contributed by atoms with Crippen LogP contribution in [0.2, 0.25) is 0 Å². The van der Waals surface area contributed by atoms with Gasteiger partial charge >= 0.3 is 0 Å². The summed E-state index contributed by atoms with van der Waals surface area (Å²) in [6.07, 6.45) is 2.37. The molecule has 0 aromatic heterocycles. The molecule has 1 aliphatic rings. The van der Waals surface area contributed by atoms with Crippen molar-refractivity contribution in [1.82, 2.24) is 14.1 Å². The fourth-order valence-corrected chi connectivity index (χ4v) is 6.81. The van der Waals surface area contributed by atoms with E-state index < -0.39 is 15.4 Å². The highest BCUT2D eigenvalue weighted by Crippen LogP contribution is 2.37. The van der Waals surface area contributed by atoms with Gasteiger partial charge in [0.05, 0.1) is 10.3 Å². The first-order chi connectivity index (χ1) is 18.2. The Labute approximate surface area is 227 Å². The number of amides is 1. The lowest BCUT2D eigenvalue weighted by atomic mass is 9.71. The number of piperidine rings is 1. The number of carbonyl (C=O) groups excluding carboxylic acids is 1. The second kappa shape index (κ2) is 12.2. The van der Waals surface area contributed by atoms with E-state index in [1.165, 1.54) is 4.31 Å². The Hall–Kier alpha value is -3.00. The van der Waals surface area contributed by atoms with Crippen molar-refractivity contribution in [2.24, 2.45) is 0 Å². The number of likely N-dealkylation sites (N-methyl/N-ethyl adjacent to an activating group) is 2. The minimum absolute atomic E-state index is 0.0592. The highest BCUT2D eigenvalue weighted by molar-refractivity contribution is 7.89. The third-order valence-electron chi connectivity index (χ3n) is 7.85. The Morgan fingerprint density at radius 3 is 1.92 bits per heavy atom. The molecule has 4 rings (SSSR count). The molecule has 1 heterocycles. The maximum atomic E-state index is 13.4. The van der Waals surface area contributed by atoms with E-state index in [9.17, 15) is 13.2 Å². The molecule has 0 aliphatic carbocycles. The summed E-state index contributed by atoms with van der Waals surface area (Å²) in [5, 5.41) is 0. The van der Waals surface area contributed by atoms with Crippen LogP contribution in [0.1, 0.15) is 36.3 Å². The molecule has 1 amide bonds. The molecule has 0 spiro atoms. The SMILES string of the molecule is CN(C)C(=O)C1(c2ccccc2)CCN(CC[C@@H](CN(C)S(=O)(=O)c2ccccc2)c2ccccc2)CC1. The van der Waals surface area contributed by atoms with Crippen molar-refractivity contribution in [3.63, 3.8) is 0 Å². The van der Waals surface area contributed by atoms with Crippen molar-refractivity contribution in [1.29, 1.82) is 0 Å². The van der Waals surface area contributed by atoms with E-state index in [0.717, 1.165) is 50.0 Å². The fraction of sp³-hybridized carbons (Fsp3) is 0.387. The summed E-state index contributed by atoms with van der Waals surface area (Å²) in [7, 11) is 1.77. The number of sulfonamides is 1. The number of hydrogen-bond donors (Lipinski definition) is 0. The van der Waals surface area contributed by atoms with E-state index >= 15 is 0 Å². The number of rotatable bonds is 10. The van der Waals surface area contributed by atoms with Crippen molar-refractivity contribution in [2.45, 2.75) is 35.5 Å². The second-order valence-corrected chi connectivity index (χ2v) is 12.5. The Morgan fingerprint density at radius 2 is 1.37 bits per heavy atom. The molecule has 6 nitrogen and oxygen atoms in total. The average molecular weight is 534 g/mol. The number of hydrogen-bond acceptors (Lipinski definition) is 4. The first kappa shape index (κ1) is 28.0. The summed E-state index contributed by atoms with van der Waals surface area (Å²) in [6.45, 7) is 2.91. The Balaban J connectivity index is 1.46. The maximum absolute atomic E-state index is 13.4. The average Bonchev–Trinajstić information content (AvgIpc) is 2.96. The zero-order valence-electron chi connectivity index (χ0n) is 22.7. The van der Waals surface area contributed by atoms with Gasteiger partial charge in [0.25, 0.3) is 0 Å². The van der Waals surface area contributed by atoms with Gasteiger partial charge < -0.3 is 9.80 Å². The second-order valence-electron chi connectivity index (χ2n) is 10.5. The molecule has 3 aromatic rings. The Kier molecular flexibility index (Phi) is 9.03. The number of carbonyl (C=O) groups is 1. The van der Waals surface area contributed by atoms with Gasteiger partial charge in [0.15, 0.2) is 0 Å². The molecule has 0 N–H and O–H groups in total.